The summed E-state index contributed by atoms with van der Waals surface area (Å²) in [5.41, 5.74) is 3.39. The minimum Gasteiger partial charge on any atom is -0.493 e. The highest BCUT2D eigenvalue weighted by atomic mass is 35.5. The number of fused-ring (bicyclic) bond motifs is 3. The molecule has 0 spiro atoms. The minimum atomic E-state index is -0.565. The lowest BCUT2D eigenvalue weighted by molar-refractivity contribution is -0.0189. The maximum atomic E-state index is 13.5. The van der Waals surface area contributed by atoms with E-state index in [0.29, 0.717) is 33.7 Å². The maximum absolute atomic E-state index is 13.5. The minimum absolute atomic E-state index is 0.145. The van der Waals surface area contributed by atoms with Gasteiger partial charge in [0, 0.05) is 28.1 Å². The van der Waals surface area contributed by atoms with Crippen molar-refractivity contribution in [1.29, 1.82) is 0 Å². The number of nitrogens with zero attached hydrogens (tertiary/aromatic N) is 2. The van der Waals surface area contributed by atoms with Crippen molar-refractivity contribution in [3.8, 4) is 17.2 Å². The molecule has 0 radical (unpaired) electrons. The van der Waals surface area contributed by atoms with Crippen LogP contribution in [0.2, 0.25) is 10.0 Å². The molecule has 2 heterocycles. The summed E-state index contributed by atoms with van der Waals surface area (Å²) in [7, 11) is 3.19. The molecule has 164 valence electrons. The third kappa shape index (κ3) is 3.53. The van der Waals surface area contributed by atoms with Crippen LogP contribution < -0.4 is 14.2 Å². The van der Waals surface area contributed by atoms with Crippen molar-refractivity contribution in [2.45, 2.75) is 18.7 Å². The summed E-state index contributed by atoms with van der Waals surface area (Å²) in [6.07, 6.45) is 0.0460. The van der Waals surface area contributed by atoms with Crippen LogP contribution in [0.4, 0.5) is 4.39 Å². The zero-order chi connectivity index (χ0) is 22.4. The van der Waals surface area contributed by atoms with Gasteiger partial charge in [0.25, 0.3) is 0 Å². The van der Waals surface area contributed by atoms with Crippen LogP contribution in [0.5, 0.6) is 17.2 Å². The summed E-state index contributed by atoms with van der Waals surface area (Å²) in [4.78, 5) is 0. The summed E-state index contributed by atoms with van der Waals surface area (Å²) < 4.78 is 30.6. The van der Waals surface area contributed by atoms with E-state index in [9.17, 15) is 4.39 Å². The van der Waals surface area contributed by atoms with E-state index in [0.717, 1.165) is 22.4 Å². The van der Waals surface area contributed by atoms with Gasteiger partial charge in [-0.3, -0.25) is 0 Å². The lowest BCUT2D eigenvalue weighted by Crippen LogP contribution is -2.33. The monoisotopic (exact) mass is 472 g/mol. The van der Waals surface area contributed by atoms with Crippen molar-refractivity contribution in [2.75, 3.05) is 14.2 Å². The smallest absolute Gasteiger partial charge is 0.213 e. The lowest BCUT2D eigenvalue weighted by atomic mass is 9.95. The van der Waals surface area contributed by atoms with Gasteiger partial charge in [0.05, 0.1) is 31.0 Å². The molecule has 0 aliphatic carbocycles. The first kappa shape index (κ1) is 20.9. The van der Waals surface area contributed by atoms with Crippen molar-refractivity contribution < 1.29 is 18.6 Å². The van der Waals surface area contributed by atoms with E-state index in [1.165, 1.54) is 12.1 Å². The molecule has 0 fully saturated rings. The molecule has 0 bridgehead atoms. The molecule has 5 nitrogen and oxygen atoms in total. The number of ether oxygens (including phenoxy) is 3. The Kier molecular flexibility index (Phi) is 5.35. The SMILES string of the molecule is COc1ccc(C2=NN3[C@H](C2)c2cc(Cl)cc(Cl)c2O[C@H]3c2ccc(F)cc2)cc1OC. The van der Waals surface area contributed by atoms with E-state index in [4.69, 9.17) is 42.5 Å². The first-order valence-corrected chi connectivity index (χ1v) is 10.7. The molecule has 0 N–H and O–H groups in total. The molecule has 5 rings (SSSR count). The van der Waals surface area contributed by atoms with Gasteiger partial charge in [0.15, 0.2) is 11.5 Å². The molecule has 2 aliphatic rings. The number of hydrogen-bond donors (Lipinski definition) is 0. The fraction of sp³-hybridized carbons (Fsp3) is 0.208. The average Bonchev–Trinajstić information content (AvgIpc) is 3.25. The van der Waals surface area contributed by atoms with E-state index in [-0.39, 0.29) is 11.9 Å². The molecule has 3 aromatic rings. The van der Waals surface area contributed by atoms with Crippen LogP contribution >= 0.6 is 23.2 Å². The zero-order valence-corrected chi connectivity index (χ0v) is 18.8. The molecule has 0 unspecified atom stereocenters. The average molecular weight is 473 g/mol. The van der Waals surface area contributed by atoms with Crippen molar-refractivity contribution in [1.82, 2.24) is 5.01 Å². The number of halogens is 3. The molecule has 2 atom stereocenters. The first-order valence-electron chi connectivity index (χ1n) is 9.97. The summed E-state index contributed by atoms with van der Waals surface area (Å²) in [5, 5.41) is 7.74. The van der Waals surface area contributed by atoms with E-state index >= 15 is 0 Å². The Bertz CT molecular complexity index is 1220. The highest BCUT2D eigenvalue weighted by Crippen LogP contribution is 2.51. The van der Waals surface area contributed by atoms with Gasteiger partial charge in [0.1, 0.15) is 11.6 Å². The maximum Gasteiger partial charge on any atom is 0.213 e. The molecule has 0 amide bonds. The van der Waals surface area contributed by atoms with Crippen molar-refractivity contribution in [3.63, 3.8) is 0 Å². The van der Waals surface area contributed by atoms with Crippen LogP contribution in [0, 0.1) is 5.82 Å². The quantitative estimate of drug-likeness (QED) is 0.441. The molecule has 3 aromatic carbocycles. The molecule has 32 heavy (non-hydrogen) atoms. The molecular formula is C24H19Cl2FN2O3. The second kappa shape index (κ2) is 8.19. The number of methoxy groups -OCH3 is 2. The molecular weight excluding hydrogens is 454 g/mol. The van der Waals surface area contributed by atoms with Gasteiger partial charge in [-0.25, -0.2) is 9.40 Å². The summed E-state index contributed by atoms with van der Waals surface area (Å²) in [5.74, 6) is 1.51. The van der Waals surface area contributed by atoms with Gasteiger partial charge < -0.3 is 14.2 Å². The highest BCUT2D eigenvalue weighted by Gasteiger charge is 2.42. The third-order valence-corrected chi connectivity index (χ3v) is 6.18. The number of hydrazone groups is 1. The molecule has 0 saturated heterocycles. The summed E-state index contributed by atoms with van der Waals surface area (Å²) in [6.45, 7) is 0. The van der Waals surface area contributed by atoms with E-state index in [1.807, 2.05) is 29.3 Å². The highest BCUT2D eigenvalue weighted by molar-refractivity contribution is 6.35. The van der Waals surface area contributed by atoms with E-state index in [2.05, 4.69) is 0 Å². The fourth-order valence-corrected chi connectivity index (χ4v) is 4.71. The van der Waals surface area contributed by atoms with Gasteiger partial charge in [0.2, 0.25) is 6.23 Å². The Morgan fingerprint density at radius 2 is 1.75 bits per heavy atom. The third-order valence-electron chi connectivity index (χ3n) is 5.68. The largest absolute Gasteiger partial charge is 0.493 e. The van der Waals surface area contributed by atoms with Gasteiger partial charge in [-0.1, -0.05) is 35.3 Å². The normalized spacial score (nSPS) is 19.0. The zero-order valence-electron chi connectivity index (χ0n) is 17.3. The number of hydrogen-bond acceptors (Lipinski definition) is 5. The van der Waals surface area contributed by atoms with E-state index < -0.39 is 6.23 Å². The van der Waals surface area contributed by atoms with Gasteiger partial charge in [-0.2, -0.15) is 5.10 Å². The van der Waals surface area contributed by atoms with Crippen LogP contribution in [-0.2, 0) is 0 Å². The van der Waals surface area contributed by atoms with Crippen LogP contribution in [0.1, 0.15) is 35.4 Å². The predicted molar refractivity (Wildman–Crippen MR) is 122 cm³/mol. The first-order chi connectivity index (χ1) is 15.5. The van der Waals surface area contributed by atoms with Gasteiger partial charge in [-0.15, -0.1) is 0 Å². The number of rotatable bonds is 4. The van der Waals surface area contributed by atoms with Crippen molar-refractivity contribution in [3.05, 3.63) is 87.2 Å². The fourth-order valence-electron chi connectivity index (χ4n) is 4.15. The van der Waals surface area contributed by atoms with Crippen molar-refractivity contribution >= 4 is 28.9 Å². The van der Waals surface area contributed by atoms with Gasteiger partial charge in [-0.05, 0) is 42.5 Å². The predicted octanol–water partition coefficient (Wildman–Crippen LogP) is 6.39. The summed E-state index contributed by atoms with van der Waals surface area (Å²) >= 11 is 12.8. The Morgan fingerprint density at radius 3 is 2.47 bits per heavy atom. The lowest BCUT2D eigenvalue weighted by Gasteiger charge is -2.38. The second-order valence-corrected chi connectivity index (χ2v) is 8.39. The molecule has 0 saturated carbocycles. The van der Waals surface area contributed by atoms with Gasteiger partial charge >= 0.3 is 0 Å². The van der Waals surface area contributed by atoms with Crippen LogP contribution in [-0.4, -0.2) is 24.9 Å². The molecule has 8 heteroatoms. The Labute approximate surface area is 194 Å². The standard InChI is InChI=1S/C24H19Cl2FN2O3/c1-30-21-8-5-14(9-22(21)31-2)19-12-20-17-10-15(25)11-18(26)23(17)32-24(29(20)28-19)13-3-6-16(27)7-4-13/h3-11,20,24H,12H2,1-2H3/t20-,24+/m1/s1. The van der Waals surface area contributed by atoms with Crippen molar-refractivity contribution in [2.24, 2.45) is 5.10 Å². The summed E-state index contributed by atoms with van der Waals surface area (Å²) in [6, 6.07) is 15.2. The molecule has 2 aliphatic heterocycles. The Balaban J connectivity index is 1.61. The Morgan fingerprint density at radius 1 is 1.00 bits per heavy atom. The topological polar surface area (TPSA) is 43.3 Å². The van der Waals surface area contributed by atoms with Crippen LogP contribution in [0.25, 0.3) is 0 Å². The molecule has 0 aromatic heterocycles. The Hall–Kier alpha value is -2.96. The number of benzene rings is 3. The van der Waals surface area contributed by atoms with Crippen LogP contribution in [0.15, 0.2) is 59.7 Å². The second-order valence-electron chi connectivity index (χ2n) is 7.54. The van der Waals surface area contributed by atoms with E-state index in [1.54, 1.807) is 32.4 Å². The van der Waals surface area contributed by atoms with Crippen LogP contribution in [0.3, 0.4) is 0 Å².